The quantitative estimate of drug-likeness (QED) is 0.467. The molecule has 3 rings (SSSR count). The van der Waals surface area contributed by atoms with Crippen LogP contribution in [0.3, 0.4) is 0 Å². The monoisotopic (exact) mass is 226 g/mol. The molecule has 1 N–H and O–H groups in total. The molecule has 2 nitrogen and oxygen atoms in total. The smallest absolute Gasteiger partial charge is 0.137 e. The van der Waals surface area contributed by atoms with Crippen LogP contribution in [0, 0.1) is 11.6 Å². The first-order valence-electron chi connectivity index (χ1n) is 5.14. The average Bonchev–Trinajstić information content (AvgIpc) is 2.28. The number of hydrogen-bond acceptors (Lipinski definition) is 2. The topological polar surface area (TPSA) is 28.7 Å². The van der Waals surface area contributed by atoms with Gasteiger partial charge in [0.1, 0.15) is 10.5 Å². The SMILES string of the molecule is Cc1nc(=S)c2ccc3ccccc3c2[nH]1. The zero-order chi connectivity index (χ0) is 11.1. The minimum absolute atomic E-state index is 0.664. The fraction of sp³-hybridized carbons (Fsp3) is 0.0769. The summed E-state index contributed by atoms with van der Waals surface area (Å²) in [6.07, 6.45) is 0. The summed E-state index contributed by atoms with van der Waals surface area (Å²) in [5.74, 6) is 0.855. The van der Waals surface area contributed by atoms with Crippen molar-refractivity contribution < 1.29 is 0 Å². The molecule has 0 aliphatic carbocycles. The zero-order valence-electron chi connectivity index (χ0n) is 8.82. The molecule has 0 unspecified atom stereocenters. The Bertz CT molecular complexity index is 744. The van der Waals surface area contributed by atoms with Crippen LogP contribution in [-0.4, -0.2) is 9.97 Å². The third kappa shape index (κ3) is 1.32. The molecule has 3 aromatic rings. The number of H-pyrrole nitrogens is 1. The van der Waals surface area contributed by atoms with E-state index in [-0.39, 0.29) is 0 Å². The summed E-state index contributed by atoms with van der Waals surface area (Å²) in [6, 6.07) is 12.4. The highest BCUT2D eigenvalue weighted by Crippen LogP contribution is 2.23. The van der Waals surface area contributed by atoms with Gasteiger partial charge in [-0.2, -0.15) is 0 Å². The number of aromatic nitrogens is 2. The van der Waals surface area contributed by atoms with Gasteiger partial charge in [0, 0.05) is 10.8 Å². The maximum Gasteiger partial charge on any atom is 0.137 e. The molecule has 0 bridgehead atoms. The van der Waals surface area contributed by atoms with Crippen molar-refractivity contribution >= 4 is 33.9 Å². The highest BCUT2D eigenvalue weighted by molar-refractivity contribution is 7.71. The minimum atomic E-state index is 0.664. The van der Waals surface area contributed by atoms with Crippen molar-refractivity contribution in [2.24, 2.45) is 0 Å². The molecular weight excluding hydrogens is 216 g/mol. The first-order chi connectivity index (χ1) is 7.75. The van der Waals surface area contributed by atoms with Crippen molar-refractivity contribution in [3.63, 3.8) is 0 Å². The second kappa shape index (κ2) is 3.39. The number of aromatic amines is 1. The standard InChI is InChI=1S/C13H10N2S/c1-8-14-12-10-5-3-2-4-9(10)6-7-11(12)13(16)15-8/h2-7H,1H3,(H,14,15,16). The highest BCUT2D eigenvalue weighted by atomic mass is 32.1. The zero-order valence-corrected chi connectivity index (χ0v) is 9.64. The Balaban J connectivity index is 2.65. The summed E-state index contributed by atoms with van der Waals surface area (Å²) in [7, 11) is 0. The van der Waals surface area contributed by atoms with Gasteiger partial charge in [-0.05, 0) is 18.4 Å². The lowest BCUT2D eigenvalue weighted by atomic mass is 10.1. The van der Waals surface area contributed by atoms with Gasteiger partial charge in [-0.1, -0.05) is 42.5 Å². The van der Waals surface area contributed by atoms with Gasteiger partial charge in [0.2, 0.25) is 0 Å². The number of aryl methyl sites for hydroxylation is 1. The van der Waals surface area contributed by atoms with Crippen LogP contribution < -0.4 is 0 Å². The molecule has 78 valence electrons. The van der Waals surface area contributed by atoms with Crippen molar-refractivity contribution in [2.45, 2.75) is 6.92 Å². The molecule has 0 amide bonds. The summed E-state index contributed by atoms with van der Waals surface area (Å²) in [5.41, 5.74) is 1.08. The van der Waals surface area contributed by atoms with Gasteiger partial charge >= 0.3 is 0 Å². The summed E-state index contributed by atoms with van der Waals surface area (Å²) >= 11 is 5.27. The molecule has 3 heteroatoms. The van der Waals surface area contributed by atoms with E-state index in [0.29, 0.717) is 4.64 Å². The fourth-order valence-corrected chi connectivity index (χ4v) is 2.31. The lowest BCUT2D eigenvalue weighted by molar-refractivity contribution is 1.08. The van der Waals surface area contributed by atoms with Gasteiger partial charge in [-0.3, -0.25) is 0 Å². The highest BCUT2D eigenvalue weighted by Gasteiger charge is 2.02. The van der Waals surface area contributed by atoms with Crippen LogP contribution >= 0.6 is 12.2 Å². The van der Waals surface area contributed by atoms with Crippen molar-refractivity contribution in [3.8, 4) is 0 Å². The van der Waals surface area contributed by atoms with Crippen LogP contribution in [0.1, 0.15) is 5.82 Å². The van der Waals surface area contributed by atoms with Crippen molar-refractivity contribution in [2.75, 3.05) is 0 Å². The average molecular weight is 226 g/mol. The molecule has 16 heavy (non-hydrogen) atoms. The second-order valence-corrected chi connectivity index (χ2v) is 4.22. The number of fused-ring (bicyclic) bond motifs is 3. The van der Waals surface area contributed by atoms with Crippen LogP contribution in [0.25, 0.3) is 21.7 Å². The first kappa shape index (κ1) is 9.48. The molecule has 0 spiro atoms. The van der Waals surface area contributed by atoms with Gasteiger partial charge in [-0.15, -0.1) is 0 Å². The first-order valence-corrected chi connectivity index (χ1v) is 5.55. The Morgan fingerprint density at radius 1 is 1.06 bits per heavy atom. The number of benzene rings is 2. The summed E-state index contributed by atoms with van der Waals surface area (Å²) in [6.45, 7) is 1.93. The molecule has 1 aromatic heterocycles. The van der Waals surface area contributed by atoms with E-state index in [2.05, 4.69) is 28.2 Å². The van der Waals surface area contributed by atoms with E-state index in [4.69, 9.17) is 12.2 Å². The van der Waals surface area contributed by atoms with Gasteiger partial charge in [0.05, 0.1) is 5.52 Å². The molecule has 0 saturated heterocycles. The Morgan fingerprint density at radius 3 is 2.75 bits per heavy atom. The summed E-state index contributed by atoms with van der Waals surface area (Å²) in [5, 5.41) is 3.42. The lowest BCUT2D eigenvalue weighted by Gasteiger charge is -2.04. The van der Waals surface area contributed by atoms with Crippen molar-refractivity contribution in [1.29, 1.82) is 0 Å². The molecule has 0 aliphatic rings. The Kier molecular flexibility index (Phi) is 2.01. The Labute approximate surface area is 98.0 Å². The number of nitrogens with one attached hydrogen (secondary N) is 1. The van der Waals surface area contributed by atoms with Crippen LogP contribution in [0.5, 0.6) is 0 Å². The molecule has 0 fully saturated rings. The fourth-order valence-electron chi connectivity index (χ4n) is 2.01. The molecule has 0 saturated carbocycles. The van der Waals surface area contributed by atoms with Crippen molar-refractivity contribution in [3.05, 3.63) is 46.9 Å². The van der Waals surface area contributed by atoms with E-state index < -0.39 is 0 Å². The molecule has 1 heterocycles. The molecule has 0 radical (unpaired) electrons. The van der Waals surface area contributed by atoms with E-state index >= 15 is 0 Å². The molecule has 2 aromatic carbocycles. The molecule has 0 aliphatic heterocycles. The summed E-state index contributed by atoms with van der Waals surface area (Å²) < 4.78 is 0.664. The third-order valence-corrected chi connectivity index (χ3v) is 3.05. The van der Waals surface area contributed by atoms with Gasteiger partial charge < -0.3 is 4.98 Å². The Morgan fingerprint density at radius 2 is 1.88 bits per heavy atom. The van der Waals surface area contributed by atoms with Crippen LogP contribution in [0.2, 0.25) is 0 Å². The lowest BCUT2D eigenvalue weighted by Crippen LogP contribution is -1.90. The maximum absolute atomic E-state index is 5.27. The molecule has 0 atom stereocenters. The predicted molar refractivity (Wildman–Crippen MR) is 69.2 cm³/mol. The van der Waals surface area contributed by atoms with Gasteiger partial charge in [0.25, 0.3) is 0 Å². The van der Waals surface area contributed by atoms with E-state index in [1.54, 1.807) is 0 Å². The molecular formula is C13H10N2S. The van der Waals surface area contributed by atoms with Gasteiger partial charge in [0.15, 0.2) is 0 Å². The van der Waals surface area contributed by atoms with Crippen LogP contribution in [0.4, 0.5) is 0 Å². The van der Waals surface area contributed by atoms with E-state index in [9.17, 15) is 0 Å². The minimum Gasteiger partial charge on any atom is -0.343 e. The van der Waals surface area contributed by atoms with Crippen LogP contribution in [-0.2, 0) is 0 Å². The normalized spacial score (nSPS) is 11.1. The van der Waals surface area contributed by atoms with Crippen LogP contribution in [0.15, 0.2) is 36.4 Å². The van der Waals surface area contributed by atoms with E-state index in [0.717, 1.165) is 16.7 Å². The third-order valence-electron chi connectivity index (χ3n) is 2.73. The largest absolute Gasteiger partial charge is 0.343 e. The summed E-state index contributed by atoms with van der Waals surface area (Å²) in [4.78, 5) is 7.56. The van der Waals surface area contributed by atoms with Gasteiger partial charge in [-0.25, -0.2) is 4.98 Å². The van der Waals surface area contributed by atoms with Crippen molar-refractivity contribution in [1.82, 2.24) is 9.97 Å². The Hall–Kier alpha value is -1.74. The number of hydrogen-bond donors (Lipinski definition) is 1. The number of nitrogens with zero attached hydrogens (tertiary/aromatic N) is 1. The number of rotatable bonds is 0. The van der Waals surface area contributed by atoms with E-state index in [1.165, 1.54) is 10.8 Å². The second-order valence-electron chi connectivity index (χ2n) is 3.84. The maximum atomic E-state index is 5.27. The predicted octanol–water partition coefficient (Wildman–Crippen LogP) is 3.75. The van der Waals surface area contributed by atoms with E-state index in [1.807, 2.05) is 25.1 Å².